The van der Waals surface area contributed by atoms with Crippen LogP contribution in [-0.4, -0.2) is 37.9 Å². The molecule has 1 amide bonds. The first-order valence-electron chi connectivity index (χ1n) is 7.60. The minimum Gasteiger partial charge on any atom is -0.480 e. The van der Waals surface area contributed by atoms with Crippen molar-refractivity contribution in [2.45, 2.75) is 32.6 Å². The molecule has 0 aliphatic carbocycles. The van der Waals surface area contributed by atoms with Gasteiger partial charge < -0.3 is 10.0 Å². The molecule has 26 heavy (non-hydrogen) atoms. The molecule has 1 unspecified atom stereocenters. The summed E-state index contributed by atoms with van der Waals surface area (Å²) in [5, 5.41) is 9.26. The van der Waals surface area contributed by atoms with E-state index >= 15 is 0 Å². The monoisotopic (exact) mass is 367 g/mol. The van der Waals surface area contributed by atoms with Crippen LogP contribution in [0.4, 0.5) is 13.2 Å². The van der Waals surface area contributed by atoms with Crippen molar-refractivity contribution < 1.29 is 27.9 Å². The predicted octanol–water partition coefficient (Wildman–Crippen LogP) is 2.92. The van der Waals surface area contributed by atoms with Gasteiger partial charge in [0.1, 0.15) is 11.7 Å². The van der Waals surface area contributed by atoms with E-state index in [1.165, 1.54) is 13.8 Å². The van der Waals surface area contributed by atoms with Crippen molar-refractivity contribution in [2.24, 2.45) is 0 Å². The van der Waals surface area contributed by atoms with Crippen LogP contribution >= 0.6 is 0 Å². The zero-order valence-electron chi connectivity index (χ0n) is 14.0. The molecule has 0 bridgehead atoms. The van der Waals surface area contributed by atoms with Crippen LogP contribution < -0.4 is 0 Å². The summed E-state index contributed by atoms with van der Waals surface area (Å²) in [6.45, 7) is 2.50. The Morgan fingerprint density at radius 1 is 1.19 bits per heavy atom. The Labute approximate surface area is 147 Å². The van der Waals surface area contributed by atoms with E-state index in [-0.39, 0.29) is 12.2 Å². The first kappa shape index (κ1) is 19.4. The molecule has 0 radical (unpaired) electrons. The smallest absolute Gasteiger partial charge is 0.451 e. The lowest BCUT2D eigenvalue weighted by molar-refractivity contribution is -0.145. The summed E-state index contributed by atoms with van der Waals surface area (Å²) in [5.41, 5.74) is 0.0861. The standard InChI is InChI=1S/C17H16F3N3O3/c1-10-8-13(22-16(21-10)17(18,19)20)14(24)23(11(2)15(25)26)9-12-6-4-3-5-7-12/h3-8,11H,9H2,1-2H3,(H,25,26). The lowest BCUT2D eigenvalue weighted by Crippen LogP contribution is -2.43. The molecule has 0 aliphatic heterocycles. The highest BCUT2D eigenvalue weighted by atomic mass is 19.4. The molecular weight excluding hydrogens is 351 g/mol. The highest BCUT2D eigenvalue weighted by Crippen LogP contribution is 2.26. The van der Waals surface area contributed by atoms with Gasteiger partial charge in [0, 0.05) is 12.2 Å². The molecule has 0 fully saturated rings. The summed E-state index contributed by atoms with van der Waals surface area (Å²) in [6, 6.07) is 8.37. The van der Waals surface area contributed by atoms with Crippen molar-refractivity contribution in [1.29, 1.82) is 0 Å². The number of aromatic nitrogens is 2. The van der Waals surface area contributed by atoms with E-state index in [9.17, 15) is 27.9 Å². The van der Waals surface area contributed by atoms with Crippen molar-refractivity contribution in [1.82, 2.24) is 14.9 Å². The number of carboxylic acid groups (broad SMARTS) is 1. The molecule has 6 nitrogen and oxygen atoms in total. The molecule has 1 N–H and O–H groups in total. The summed E-state index contributed by atoms with van der Waals surface area (Å²) in [5.74, 6) is -3.64. The molecule has 1 aromatic carbocycles. The second-order valence-corrected chi connectivity index (χ2v) is 5.65. The highest BCUT2D eigenvalue weighted by molar-refractivity contribution is 5.95. The van der Waals surface area contributed by atoms with Gasteiger partial charge in [-0.1, -0.05) is 30.3 Å². The molecule has 2 aromatic rings. The summed E-state index contributed by atoms with van der Waals surface area (Å²) in [7, 11) is 0. The van der Waals surface area contributed by atoms with Crippen LogP contribution in [0.25, 0.3) is 0 Å². The van der Waals surface area contributed by atoms with Crippen molar-refractivity contribution >= 4 is 11.9 Å². The third-order valence-corrected chi connectivity index (χ3v) is 3.61. The molecule has 2 rings (SSSR count). The number of aryl methyl sites for hydroxylation is 1. The highest BCUT2D eigenvalue weighted by Gasteiger charge is 2.36. The zero-order chi connectivity index (χ0) is 19.5. The summed E-state index contributed by atoms with van der Waals surface area (Å²) < 4.78 is 38.7. The maximum absolute atomic E-state index is 12.9. The second kappa shape index (κ2) is 7.51. The number of halogens is 3. The van der Waals surface area contributed by atoms with Gasteiger partial charge in [-0.15, -0.1) is 0 Å². The normalized spacial score (nSPS) is 12.5. The number of carboxylic acids is 1. The van der Waals surface area contributed by atoms with Gasteiger partial charge in [0.15, 0.2) is 0 Å². The summed E-state index contributed by atoms with van der Waals surface area (Å²) in [4.78, 5) is 31.6. The Kier molecular flexibility index (Phi) is 5.59. The molecule has 1 heterocycles. The molecule has 0 aliphatic rings. The Morgan fingerprint density at radius 2 is 1.81 bits per heavy atom. The van der Waals surface area contributed by atoms with Gasteiger partial charge in [0.05, 0.1) is 0 Å². The largest absolute Gasteiger partial charge is 0.480 e. The van der Waals surface area contributed by atoms with Gasteiger partial charge in [-0.2, -0.15) is 13.2 Å². The van der Waals surface area contributed by atoms with E-state index in [1.807, 2.05) is 0 Å². The molecular formula is C17H16F3N3O3. The number of hydrogen-bond acceptors (Lipinski definition) is 4. The third kappa shape index (κ3) is 4.56. The number of carbonyl (C=O) groups is 2. The van der Waals surface area contributed by atoms with Crippen molar-refractivity contribution in [3.63, 3.8) is 0 Å². The topological polar surface area (TPSA) is 83.4 Å². The van der Waals surface area contributed by atoms with E-state index in [2.05, 4.69) is 9.97 Å². The zero-order valence-corrected chi connectivity index (χ0v) is 14.0. The average molecular weight is 367 g/mol. The minimum absolute atomic E-state index is 0.0432. The molecule has 138 valence electrons. The summed E-state index contributed by atoms with van der Waals surface area (Å²) in [6.07, 6.45) is -4.82. The fraction of sp³-hybridized carbons (Fsp3) is 0.294. The first-order valence-corrected chi connectivity index (χ1v) is 7.60. The Balaban J connectivity index is 2.43. The van der Waals surface area contributed by atoms with Gasteiger partial charge in [0.2, 0.25) is 5.82 Å². The SMILES string of the molecule is Cc1cc(C(=O)N(Cc2ccccc2)C(C)C(=O)O)nc(C(F)(F)F)n1. The molecule has 0 spiro atoms. The maximum Gasteiger partial charge on any atom is 0.451 e. The van der Waals surface area contributed by atoms with Crippen LogP contribution in [0.2, 0.25) is 0 Å². The predicted molar refractivity (Wildman–Crippen MR) is 85.2 cm³/mol. The van der Waals surface area contributed by atoms with Crippen LogP contribution in [-0.2, 0) is 17.5 Å². The molecule has 1 aromatic heterocycles. The lowest BCUT2D eigenvalue weighted by atomic mass is 10.1. The van der Waals surface area contributed by atoms with Crippen LogP contribution in [0.1, 0.15) is 34.5 Å². The fourth-order valence-corrected chi connectivity index (χ4v) is 2.25. The maximum atomic E-state index is 12.9. The summed E-state index contributed by atoms with van der Waals surface area (Å²) >= 11 is 0. The first-order chi connectivity index (χ1) is 12.1. The molecule has 9 heteroatoms. The van der Waals surface area contributed by atoms with Gasteiger partial charge in [-0.25, -0.2) is 14.8 Å². The average Bonchev–Trinajstić information content (AvgIpc) is 2.58. The van der Waals surface area contributed by atoms with Crippen LogP contribution in [0, 0.1) is 6.92 Å². The van der Waals surface area contributed by atoms with Crippen LogP contribution in [0.15, 0.2) is 36.4 Å². The van der Waals surface area contributed by atoms with Crippen LogP contribution in [0.3, 0.4) is 0 Å². The Bertz CT molecular complexity index is 810. The number of amides is 1. The van der Waals surface area contributed by atoms with E-state index in [1.54, 1.807) is 30.3 Å². The second-order valence-electron chi connectivity index (χ2n) is 5.65. The van der Waals surface area contributed by atoms with Gasteiger partial charge in [0.25, 0.3) is 5.91 Å². The quantitative estimate of drug-likeness (QED) is 0.879. The number of carbonyl (C=O) groups excluding carboxylic acids is 1. The van der Waals surface area contributed by atoms with E-state index in [4.69, 9.17) is 0 Å². The van der Waals surface area contributed by atoms with E-state index in [0.717, 1.165) is 11.0 Å². The van der Waals surface area contributed by atoms with Crippen LogP contribution in [0.5, 0.6) is 0 Å². The van der Waals surface area contributed by atoms with E-state index < -0.39 is 35.6 Å². The number of aliphatic carboxylic acids is 1. The van der Waals surface area contributed by atoms with Crippen molar-refractivity contribution in [3.05, 3.63) is 59.2 Å². The Morgan fingerprint density at radius 3 is 2.35 bits per heavy atom. The number of alkyl halides is 3. The molecule has 1 atom stereocenters. The number of hydrogen-bond donors (Lipinski definition) is 1. The third-order valence-electron chi connectivity index (χ3n) is 3.61. The molecule has 0 saturated heterocycles. The van der Waals surface area contributed by atoms with Gasteiger partial charge in [-0.05, 0) is 25.5 Å². The van der Waals surface area contributed by atoms with Crippen molar-refractivity contribution in [2.75, 3.05) is 0 Å². The molecule has 0 saturated carbocycles. The fourth-order valence-electron chi connectivity index (χ4n) is 2.25. The Hall–Kier alpha value is -2.97. The lowest BCUT2D eigenvalue weighted by Gasteiger charge is -2.26. The minimum atomic E-state index is -4.82. The number of nitrogens with zero attached hydrogens (tertiary/aromatic N) is 3. The van der Waals surface area contributed by atoms with Crippen molar-refractivity contribution in [3.8, 4) is 0 Å². The van der Waals surface area contributed by atoms with Gasteiger partial charge in [-0.3, -0.25) is 4.79 Å². The van der Waals surface area contributed by atoms with E-state index in [0.29, 0.717) is 5.56 Å². The van der Waals surface area contributed by atoms with Gasteiger partial charge >= 0.3 is 12.1 Å². The number of rotatable bonds is 5. The number of benzene rings is 1.